The Morgan fingerprint density at radius 2 is 1.45 bits per heavy atom. The molecular formula is C18H16N2. The van der Waals surface area contributed by atoms with Gasteiger partial charge in [0.05, 0.1) is 17.6 Å². The lowest BCUT2D eigenvalue weighted by atomic mass is 10.1. The molecule has 0 bridgehead atoms. The van der Waals surface area contributed by atoms with Crippen LogP contribution >= 0.6 is 0 Å². The highest BCUT2D eigenvalue weighted by Crippen LogP contribution is 2.18. The zero-order valence-corrected chi connectivity index (χ0v) is 11.2. The summed E-state index contributed by atoms with van der Waals surface area (Å²) in [6, 6.07) is 24.7. The van der Waals surface area contributed by atoms with Crippen molar-refractivity contribution >= 4 is 5.69 Å². The molecule has 1 heterocycles. The lowest BCUT2D eigenvalue weighted by Crippen LogP contribution is -1.99. The summed E-state index contributed by atoms with van der Waals surface area (Å²) < 4.78 is 0. The number of pyridine rings is 1. The van der Waals surface area contributed by atoms with E-state index in [4.69, 9.17) is 0 Å². The van der Waals surface area contributed by atoms with Crippen molar-refractivity contribution in [1.29, 1.82) is 0 Å². The summed E-state index contributed by atoms with van der Waals surface area (Å²) in [4.78, 5) is 4.50. The number of hydrogen-bond donors (Lipinski definition) is 1. The predicted octanol–water partition coefficient (Wildman–Crippen LogP) is 4.36. The average Bonchev–Trinajstić information content (AvgIpc) is 2.55. The fourth-order valence-electron chi connectivity index (χ4n) is 2.08. The van der Waals surface area contributed by atoms with Crippen molar-refractivity contribution in [3.05, 3.63) is 84.6 Å². The maximum Gasteiger partial charge on any atom is 0.0703 e. The summed E-state index contributed by atoms with van der Waals surface area (Å²) >= 11 is 0. The van der Waals surface area contributed by atoms with E-state index in [1.165, 1.54) is 5.56 Å². The summed E-state index contributed by atoms with van der Waals surface area (Å²) in [6.45, 7) is 0.813. The van der Waals surface area contributed by atoms with Crippen molar-refractivity contribution in [2.45, 2.75) is 6.54 Å². The Labute approximate surface area is 119 Å². The molecule has 1 N–H and O–H groups in total. The third-order valence-corrected chi connectivity index (χ3v) is 3.17. The minimum atomic E-state index is 0.813. The van der Waals surface area contributed by atoms with Crippen LogP contribution in [0, 0.1) is 0 Å². The highest BCUT2D eigenvalue weighted by molar-refractivity contribution is 5.60. The van der Waals surface area contributed by atoms with Gasteiger partial charge in [-0.2, -0.15) is 0 Å². The van der Waals surface area contributed by atoms with Gasteiger partial charge in [0.1, 0.15) is 0 Å². The molecule has 20 heavy (non-hydrogen) atoms. The van der Waals surface area contributed by atoms with Crippen molar-refractivity contribution in [3.63, 3.8) is 0 Å². The first-order chi connectivity index (χ1) is 9.92. The van der Waals surface area contributed by atoms with E-state index in [0.717, 1.165) is 23.5 Å². The number of nitrogens with one attached hydrogen (secondary N) is 1. The molecular weight excluding hydrogens is 244 g/mol. The first-order valence-corrected chi connectivity index (χ1v) is 6.71. The fourth-order valence-corrected chi connectivity index (χ4v) is 2.08. The van der Waals surface area contributed by atoms with Gasteiger partial charge >= 0.3 is 0 Å². The molecule has 0 saturated carbocycles. The number of nitrogens with zero attached hydrogens (tertiary/aromatic N) is 1. The molecule has 2 nitrogen and oxygen atoms in total. The van der Waals surface area contributed by atoms with Gasteiger partial charge in [0, 0.05) is 12.1 Å². The molecule has 3 aromatic rings. The first kappa shape index (κ1) is 12.4. The van der Waals surface area contributed by atoms with Gasteiger partial charge in [0.15, 0.2) is 0 Å². The van der Waals surface area contributed by atoms with Gasteiger partial charge in [-0.1, -0.05) is 60.7 Å². The van der Waals surface area contributed by atoms with Gasteiger partial charge in [0.2, 0.25) is 0 Å². The van der Waals surface area contributed by atoms with Crippen LogP contribution < -0.4 is 5.32 Å². The van der Waals surface area contributed by atoms with E-state index in [1.807, 2.05) is 48.7 Å². The second-order valence-corrected chi connectivity index (χ2v) is 4.64. The molecule has 0 spiro atoms. The van der Waals surface area contributed by atoms with E-state index in [1.54, 1.807) is 0 Å². The molecule has 2 aromatic carbocycles. The third-order valence-electron chi connectivity index (χ3n) is 3.17. The smallest absolute Gasteiger partial charge is 0.0703 e. The predicted molar refractivity (Wildman–Crippen MR) is 83.4 cm³/mol. The number of anilines is 1. The van der Waals surface area contributed by atoms with Crippen LogP contribution in [0.25, 0.3) is 11.3 Å². The summed E-state index contributed by atoms with van der Waals surface area (Å²) in [5.41, 5.74) is 4.44. The first-order valence-electron chi connectivity index (χ1n) is 6.71. The molecule has 98 valence electrons. The maximum atomic E-state index is 4.50. The molecule has 0 amide bonds. The second-order valence-electron chi connectivity index (χ2n) is 4.64. The Balaban J connectivity index is 1.68. The highest BCUT2D eigenvalue weighted by atomic mass is 14.9. The molecule has 2 heteroatoms. The van der Waals surface area contributed by atoms with Crippen LogP contribution in [0.2, 0.25) is 0 Å². The minimum absolute atomic E-state index is 0.813. The summed E-state index contributed by atoms with van der Waals surface area (Å²) in [7, 11) is 0. The molecule has 0 unspecified atom stereocenters. The lowest BCUT2D eigenvalue weighted by molar-refractivity contribution is 1.14. The van der Waals surface area contributed by atoms with E-state index < -0.39 is 0 Å². The SMILES string of the molecule is c1ccc(CNc2ccc(-c3ccccc3)nc2)cc1. The monoisotopic (exact) mass is 260 g/mol. The average molecular weight is 260 g/mol. The maximum absolute atomic E-state index is 4.50. The number of benzene rings is 2. The largest absolute Gasteiger partial charge is 0.380 e. The zero-order chi connectivity index (χ0) is 13.6. The van der Waals surface area contributed by atoms with Crippen LogP contribution in [0.4, 0.5) is 5.69 Å². The van der Waals surface area contributed by atoms with Gasteiger partial charge < -0.3 is 5.32 Å². The molecule has 0 aliphatic heterocycles. The van der Waals surface area contributed by atoms with Gasteiger partial charge in [-0.3, -0.25) is 4.98 Å². The zero-order valence-electron chi connectivity index (χ0n) is 11.2. The molecule has 3 rings (SSSR count). The van der Waals surface area contributed by atoms with Crippen molar-refractivity contribution < 1.29 is 0 Å². The molecule has 0 fully saturated rings. The number of aromatic nitrogens is 1. The summed E-state index contributed by atoms with van der Waals surface area (Å²) in [5, 5.41) is 3.38. The molecule has 0 atom stereocenters. The van der Waals surface area contributed by atoms with Crippen LogP contribution in [-0.4, -0.2) is 4.98 Å². The normalized spacial score (nSPS) is 10.2. The lowest BCUT2D eigenvalue weighted by Gasteiger charge is -2.07. The minimum Gasteiger partial charge on any atom is -0.380 e. The van der Waals surface area contributed by atoms with Crippen LogP contribution in [-0.2, 0) is 6.54 Å². The van der Waals surface area contributed by atoms with Gasteiger partial charge in [-0.05, 0) is 17.7 Å². The molecule has 0 radical (unpaired) electrons. The van der Waals surface area contributed by atoms with Crippen molar-refractivity contribution in [2.75, 3.05) is 5.32 Å². The quantitative estimate of drug-likeness (QED) is 0.754. The Kier molecular flexibility index (Phi) is 3.74. The van der Waals surface area contributed by atoms with Crippen LogP contribution in [0.15, 0.2) is 79.0 Å². The molecule has 0 saturated heterocycles. The molecule has 1 aromatic heterocycles. The van der Waals surface area contributed by atoms with Gasteiger partial charge in [-0.25, -0.2) is 0 Å². The molecule has 0 aliphatic rings. The summed E-state index contributed by atoms with van der Waals surface area (Å²) in [6.07, 6.45) is 1.88. The van der Waals surface area contributed by atoms with Crippen molar-refractivity contribution in [3.8, 4) is 11.3 Å². The van der Waals surface area contributed by atoms with E-state index in [-0.39, 0.29) is 0 Å². The van der Waals surface area contributed by atoms with E-state index >= 15 is 0 Å². The van der Waals surface area contributed by atoms with Gasteiger partial charge in [-0.15, -0.1) is 0 Å². The van der Waals surface area contributed by atoms with Crippen LogP contribution in [0.1, 0.15) is 5.56 Å². The van der Waals surface area contributed by atoms with Crippen molar-refractivity contribution in [1.82, 2.24) is 4.98 Å². The Morgan fingerprint density at radius 1 is 0.750 bits per heavy atom. The van der Waals surface area contributed by atoms with Gasteiger partial charge in [0.25, 0.3) is 0 Å². The fraction of sp³-hybridized carbons (Fsp3) is 0.0556. The Bertz CT molecular complexity index is 646. The Hall–Kier alpha value is -2.61. The Morgan fingerprint density at radius 3 is 2.10 bits per heavy atom. The van der Waals surface area contributed by atoms with E-state index in [0.29, 0.717) is 0 Å². The number of hydrogen-bond acceptors (Lipinski definition) is 2. The standard InChI is InChI=1S/C18H16N2/c1-3-7-15(8-4-1)13-19-17-11-12-18(20-14-17)16-9-5-2-6-10-16/h1-12,14,19H,13H2. The third kappa shape index (κ3) is 3.04. The highest BCUT2D eigenvalue weighted by Gasteiger charge is 1.98. The molecule has 0 aliphatic carbocycles. The van der Waals surface area contributed by atoms with E-state index in [2.05, 4.69) is 40.6 Å². The van der Waals surface area contributed by atoms with E-state index in [9.17, 15) is 0 Å². The summed E-state index contributed by atoms with van der Waals surface area (Å²) in [5.74, 6) is 0. The topological polar surface area (TPSA) is 24.9 Å². The number of rotatable bonds is 4. The van der Waals surface area contributed by atoms with Crippen LogP contribution in [0.3, 0.4) is 0 Å². The van der Waals surface area contributed by atoms with Crippen molar-refractivity contribution in [2.24, 2.45) is 0 Å². The van der Waals surface area contributed by atoms with Crippen LogP contribution in [0.5, 0.6) is 0 Å². The second kappa shape index (κ2) is 6.02.